The van der Waals surface area contributed by atoms with Crippen LogP contribution in [0.5, 0.6) is 0 Å². The molecule has 0 aromatic rings. The quantitative estimate of drug-likeness (QED) is 0.636. The van der Waals surface area contributed by atoms with Gasteiger partial charge in [0.1, 0.15) is 0 Å². The van der Waals surface area contributed by atoms with Crippen molar-refractivity contribution in [2.24, 2.45) is 0 Å². The number of urea groups is 1. The van der Waals surface area contributed by atoms with E-state index in [0.29, 0.717) is 26.2 Å². The molecule has 0 saturated carbocycles. The van der Waals surface area contributed by atoms with Crippen molar-refractivity contribution < 1.29 is 23.9 Å². The number of hydrogen-bond donors (Lipinski definition) is 2. The summed E-state index contributed by atoms with van der Waals surface area (Å²) in [7, 11) is 2.79. The molecule has 1 rings (SSSR count). The molecule has 1 aliphatic heterocycles. The Morgan fingerprint density at radius 1 is 1.40 bits per heavy atom. The first-order valence-electron chi connectivity index (χ1n) is 6.47. The van der Waals surface area contributed by atoms with E-state index in [4.69, 9.17) is 4.74 Å². The molecule has 0 spiro atoms. The average molecular weight is 287 g/mol. The van der Waals surface area contributed by atoms with Gasteiger partial charge >= 0.3 is 12.0 Å². The highest BCUT2D eigenvalue weighted by Gasteiger charge is 2.23. The fourth-order valence-corrected chi connectivity index (χ4v) is 1.89. The lowest BCUT2D eigenvalue weighted by Gasteiger charge is -2.32. The van der Waals surface area contributed by atoms with E-state index < -0.39 is 6.03 Å². The normalized spacial score (nSPS) is 19.2. The van der Waals surface area contributed by atoms with Crippen LogP contribution >= 0.6 is 0 Å². The number of amides is 3. The zero-order valence-corrected chi connectivity index (χ0v) is 11.8. The van der Waals surface area contributed by atoms with Crippen LogP contribution in [0, 0.1) is 0 Å². The fraction of sp³-hybridized carbons (Fsp3) is 0.750. The van der Waals surface area contributed by atoms with Crippen molar-refractivity contribution in [2.75, 3.05) is 40.4 Å². The number of nitrogens with one attached hydrogen (secondary N) is 2. The third-order valence-corrected chi connectivity index (χ3v) is 2.98. The molecule has 20 heavy (non-hydrogen) atoms. The molecule has 1 aliphatic rings. The minimum absolute atomic E-state index is 0.206. The summed E-state index contributed by atoms with van der Waals surface area (Å²) in [6.45, 7) is 2.30. The Morgan fingerprint density at radius 2 is 2.15 bits per heavy atom. The third kappa shape index (κ3) is 5.98. The van der Waals surface area contributed by atoms with Crippen molar-refractivity contribution >= 4 is 17.9 Å². The largest absolute Gasteiger partial charge is 0.469 e. The molecule has 0 bridgehead atoms. The Morgan fingerprint density at radius 3 is 2.80 bits per heavy atom. The maximum absolute atomic E-state index is 11.5. The van der Waals surface area contributed by atoms with E-state index in [-0.39, 0.29) is 30.8 Å². The number of morpholine rings is 1. The molecule has 0 radical (unpaired) electrons. The number of carbonyl (C=O) groups is 3. The fourth-order valence-electron chi connectivity index (χ4n) is 1.89. The number of nitrogens with zero attached hydrogens (tertiary/aromatic N) is 1. The summed E-state index contributed by atoms with van der Waals surface area (Å²) in [6, 6.07) is -0.513. The first kappa shape index (κ1) is 16.4. The van der Waals surface area contributed by atoms with E-state index in [9.17, 15) is 14.4 Å². The van der Waals surface area contributed by atoms with Gasteiger partial charge in [-0.2, -0.15) is 0 Å². The Labute approximate surface area is 117 Å². The number of methoxy groups -OCH3 is 1. The first-order valence-corrected chi connectivity index (χ1v) is 6.47. The summed E-state index contributed by atoms with van der Waals surface area (Å²) in [4.78, 5) is 35.6. The maximum Gasteiger partial charge on any atom is 0.321 e. The summed E-state index contributed by atoms with van der Waals surface area (Å²) in [6.07, 6.45) is 0.216. The molecular formula is C12H21N3O5. The molecule has 2 N–H and O–H groups in total. The standard InChI is InChI=1S/C12H21N3O5/c1-13-12(18)14-10(16)3-4-15-5-6-20-9(8-15)7-11(17)19-2/h9H,3-8H2,1-2H3,(H2,13,14,16,18). The summed E-state index contributed by atoms with van der Waals surface area (Å²) in [5.74, 6) is -0.644. The highest BCUT2D eigenvalue weighted by molar-refractivity contribution is 5.94. The molecule has 0 aromatic carbocycles. The van der Waals surface area contributed by atoms with Crippen LogP contribution in [0.2, 0.25) is 0 Å². The van der Waals surface area contributed by atoms with Crippen LogP contribution in [-0.4, -0.2) is 69.3 Å². The molecule has 0 aliphatic carbocycles. The Kier molecular flexibility index (Phi) is 6.96. The van der Waals surface area contributed by atoms with E-state index in [0.717, 1.165) is 0 Å². The predicted octanol–water partition coefficient (Wildman–Crippen LogP) is -0.904. The van der Waals surface area contributed by atoms with Gasteiger partial charge in [0.2, 0.25) is 5.91 Å². The monoisotopic (exact) mass is 287 g/mol. The highest BCUT2D eigenvalue weighted by atomic mass is 16.5. The zero-order valence-electron chi connectivity index (χ0n) is 11.8. The van der Waals surface area contributed by atoms with Crippen molar-refractivity contribution in [3.63, 3.8) is 0 Å². The van der Waals surface area contributed by atoms with Crippen LogP contribution in [-0.2, 0) is 19.1 Å². The highest BCUT2D eigenvalue weighted by Crippen LogP contribution is 2.09. The van der Waals surface area contributed by atoms with Crippen LogP contribution in [0.3, 0.4) is 0 Å². The van der Waals surface area contributed by atoms with Gasteiger partial charge in [0.25, 0.3) is 0 Å². The second-order valence-corrected chi connectivity index (χ2v) is 4.45. The van der Waals surface area contributed by atoms with Crippen LogP contribution in [0.4, 0.5) is 4.79 Å². The molecule has 114 valence electrons. The SMILES string of the molecule is CNC(=O)NC(=O)CCN1CCOC(CC(=O)OC)C1. The van der Waals surface area contributed by atoms with Crippen molar-refractivity contribution in [3.05, 3.63) is 0 Å². The number of ether oxygens (including phenoxy) is 2. The smallest absolute Gasteiger partial charge is 0.321 e. The number of rotatable bonds is 5. The topological polar surface area (TPSA) is 97.0 Å². The van der Waals surface area contributed by atoms with Gasteiger partial charge in [0.15, 0.2) is 0 Å². The minimum atomic E-state index is -0.513. The molecule has 1 unspecified atom stereocenters. The number of carbonyl (C=O) groups excluding carboxylic acids is 3. The van der Waals surface area contributed by atoms with Gasteiger partial charge in [-0.25, -0.2) is 4.79 Å². The van der Waals surface area contributed by atoms with Crippen molar-refractivity contribution in [1.82, 2.24) is 15.5 Å². The average Bonchev–Trinajstić information content (AvgIpc) is 2.45. The Bertz CT molecular complexity index is 361. The van der Waals surface area contributed by atoms with Crippen molar-refractivity contribution in [2.45, 2.75) is 18.9 Å². The maximum atomic E-state index is 11.5. The number of esters is 1. The van der Waals surface area contributed by atoms with Gasteiger partial charge in [-0.05, 0) is 0 Å². The van der Waals surface area contributed by atoms with Crippen LogP contribution in [0.15, 0.2) is 0 Å². The molecule has 1 fully saturated rings. The molecule has 1 heterocycles. The summed E-state index contributed by atoms with van der Waals surface area (Å²) < 4.78 is 10.1. The molecular weight excluding hydrogens is 266 g/mol. The molecule has 1 atom stereocenters. The van der Waals surface area contributed by atoms with Gasteiger partial charge in [0.05, 0.1) is 26.2 Å². The summed E-state index contributed by atoms with van der Waals surface area (Å²) >= 11 is 0. The van der Waals surface area contributed by atoms with Crippen molar-refractivity contribution in [3.8, 4) is 0 Å². The van der Waals surface area contributed by atoms with E-state index in [1.807, 2.05) is 4.90 Å². The minimum Gasteiger partial charge on any atom is -0.469 e. The lowest BCUT2D eigenvalue weighted by Crippen LogP contribution is -2.45. The van der Waals surface area contributed by atoms with E-state index in [2.05, 4.69) is 15.4 Å². The van der Waals surface area contributed by atoms with E-state index >= 15 is 0 Å². The van der Waals surface area contributed by atoms with Gasteiger partial charge in [-0.1, -0.05) is 0 Å². The Hall–Kier alpha value is -1.67. The van der Waals surface area contributed by atoms with Gasteiger partial charge in [-0.15, -0.1) is 0 Å². The van der Waals surface area contributed by atoms with Crippen molar-refractivity contribution in [1.29, 1.82) is 0 Å². The van der Waals surface area contributed by atoms with Gasteiger partial charge in [-0.3, -0.25) is 19.8 Å². The van der Waals surface area contributed by atoms with Crippen LogP contribution in [0.1, 0.15) is 12.8 Å². The molecule has 8 heteroatoms. The zero-order chi connectivity index (χ0) is 15.0. The first-order chi connectivity index (χ1) is 9.55. The molecule has 8 nitrogen and oxygen atoms in total. The van der Waals surface area contributed by atoms with E-state index in [1.54, 1.807) is 0 Å². The van der Waals surface area contributed by atoms with Crippen LogP contribution in [0.25, 0.3) is 0 Å². The second-order valence-electron chi connectivity index (χ2n) is 4.45. The van der Waals surface area contributed by atoms with Gasteiger partial charge < -0.3 is 14.8 Å². The summed E-state index contributed by atoms with van der Waals surface area (Å²) in [5.41, 5.74) is 0. The number of imide groups is 1. The number of hydrogen-bond acceptors (Lipinski definition) is 6. The lowest BCUT2D eigenvalue weighted by atomic mass is 10.2. The van der Waals surface area contributed by atoms with Gasteiger partial charge in [0, 0.05) is 33.1 Å². The second kappa shape index (κ2) is 8.49. The third-order valence-electron chi connectivity index (χ3n) is 2.98. The van der Waals surface area contributed by atoms with Crippen LogP contribution < -0.4 is 10.6 Å². The summed E-state index contributed by atoms with van der Waals surface area (Å²) in [5, 5.41) is 4.51. The molecule has 1 saturated heterocycles. The predicted molar refractivity (Wildman–Crippen MR) is 70.0 cm³/mol. The Balaban J connectivity index is 2.28. The molecule has 3 amide bonds. The molecule has 0 aromatic heterocycles. The lowest BCUT2D eigenvalue weighted by molar-refractivity contribution is -0.145. The van der Waals surface area contributed by atoms with E-state index in [1.165, 1.54) is 14.2 Å².